The quantitative estimate of drug-likeness (QED) is 0.904. The smallest absolute Gasteiger partial charge is 0.142 e. The summed E-state index contributed by atoms with van der Waals surface area (Å²) in [5, 5.41) is 9.46. The first kappa shape index (κ1) is 16.0. The van der Waals surface area contributed by atoms with Gasteiger partial charge >= 0.3 is 0 Å². The van der Waals surface area contributed by atoms with Crippen molar-refractivity contribution in [1.29, 1.82) is 0 Å². The highest BCUT2D eigenvalue weighted by Gasteiger charge is 2.21. The normalized spacial score (nSPS) is 16.3. The summed E-state index contributed by atoms with van der Waals surface area (Å²) in [4.78, 5) is 2.34. The molecule has 0 amide bonds. The Morgan fingerprint density at radius 1 is 1.08 bits per heavy atom. The van der Waals surface area contributed by atoms with E-state index < -0.39 is 0 Å². The number of hydrogen-bond donors (Lipinski definition) is 1. The zero-order chi connectivity index (χ0) is 17.2. The highest BCUT2D eigenvalue weighted by Crippen LogP contribution is 2.37. The molecule has 4 heteroatoms. The van der Waals surface area contributed by atoms with Gasteiger partial charge in [-0.25, -0.2) is 0 Å². The van der Waals surface area contributed by atoms with Gasteiger partial charge in [-0.2, -0.15) is 0 Å². The molecule has 2 aliphatic heterocycles. The average Bonchev–Trinajstić information content (AvgIpc) is 2.64. The minimum absolute atomic E-state index is 0.278. The number of ether oxygens (including phenoxy) is 2. The number of benzene rings is 2. The van der Waals surface area contributed by atoms with Gasteiger partial charge in [0.05, 0.1) is 0 Å². The predicted octanol–water partition coefficient (Wildman–Crippen LogP) is 4.28. The third-order valence-electron chi connectivity index (χ3n) is 4.77. The summed E-state index contributed by atoms with van der Waals surface area (Å²) < 4.78 is 11.9. The molecule has 0 saturated heterocycles. The van der Waals surface area contributed by atoms with Crippen LogP contribution in [0, 0.1) is 0 Å². The number of rotatable bonds is 4. The van der Waals surface area contributed by atoms with Gasteiger partial charge in [0.15, 0.2) is 0 Å². The molecule has 4 nitrogen and oxygen atoms in total. The van der Waals surface area contributed by atoms with Crippen LogP contribution in [0.4, 0.5) is 0 Å². The maximum atomic E-state index is 9.46. The third kappa shape index (κ3) is 3.35. The number of aromatic hydroxyl groups is 1. The van der Waals surface area contributed by atoms with Crippen molar-refractivity contribution in [1.82, 2.24) is 4.90 Å². The first-order valence-electron chi connectivity index (χ1n) is 8.88. The Balaban J connectivity index is 1.61. The molecule has 0 spiro atoms. The molecule has 2 aliphatic rings. The minimum Gasteiger partial charge on any atom is -0.508 e. The van der Waals surface area contributed by atoms with Crippen LogP contribution in [0.1, 0.15) is 36.5 Å². The minimum atomic E-state index is 0.278. The first-order valence-corrected chi connectivity index (χ1v) is 8.88. The van der Waals surface area contributed by atoms with Crippen LogP contribution in [-0.4, -0.2) is 29.9 Å². The lowest BCUT2D eigenvalue weighted by Crippen LogP contribution is -2.32. The van der Waals surface area contributed by atoms with Gasteiger partial charge < -0.3 is 14.6 Å². The van der Waals surface area contributed by atoms with Gasteiger partial charge in [-0.3, -0.25) is 4.90 Å². The molecule has 0 aromatic heterocycles. The van der Waals surface area contributed by atoms with E-state index in [4.69, 9.17) is 9.47 Å². The topological polar surface area (TPSA) is 41.9 Å². The fraction of sp³-hybridized carbons (Fsp3) is 0.333. The van der Waals surface area contributed by atoms with Gasteiger partial charge in [0.1, 0.15) is 30.6 Å². The van der Waals surface area contributed by atoms with E-state index >= 15 is 0 Å². The molecule has 130 valence electrons. The molecule has 2 aromatic rings. The number of hydrogen-bond acceptors (Lipinski definition) is 4. The first-order chi connectivity index (χ1) is 12.2. The number of fused-ring (bicyclic) bond motifs is 2. The van der Waals surface area contributed by atoms with Gasteiger partial charge in [-0.15, -0.1) is 0 Å². The maximum Gasteiger partial charge on any atom is 0.142 e. The summed E-state index contributed by atoms with van der Waals surface area (Å²) in [7, 11) is 0. The Kier molecular flexibility index (Phi) is 4.36. The molecule has 2 aromatic carbocycles. The van der Waals surface area contributed by atoms with Crippen LogP contribution in [0.2, 0.25) is 0 Å². The predicted molar refractivity (Wildman–Crippen MR) is 98.7 cm³/mol. The third-order valence-corrected chi connectivity index (χ3v) is 4.77. The lowest BCUT2D eigenvalue weighted by molar-refractivity contribution is 0.0936. The molecule has 1 N–H and O–H groups in total. The van der Waals surface area contributed by atoms with Crippen LogP contribution in [0.15, 0.2) is 36.4 Å². The second-order valence-corrected chi connectivity index (χ2v) is 6.68. The van der Waals surface area contributed by atoms with E-state index in [9.17, 15) is 5.11 Å². The van der Waals surface area contributed by atoms with Crippen molar-refractivity contribution >= 4 is 11.6 Å². The van der Waals surface area contributed by atoms with Crippen LogP contribution in [-0.2, 0) is 6.54 Å². The summed E-state index contributed by atoms with van der Waals surface area (Å²) in [6.45, 7) is 5.38. The van der Waals surface area contributed by atoms with Crippen LogP contribution in [0.5, 0.6) is 17.2 Å². The number of unbranched alkanes of at least 4 members (excludes halogenated alkanes) is 1. The molecule has 0 unspecified atom stereocenters. The molecular formula is C21H23NO3. The molecule has 0 radical (unpaired) electrons. The Labute approximate surface area is 148 Å². The zero-order valence-electron chi connectivity index (χ0n) is 14.5. The summed E-state index contributed by atoms with van der Waals surface area (Å²) in [5.41, 5.74) is 4.50. The Hall–Kier alpha value is -2.46. The summed E-state index contributed by atoms with van der Waals surface area (Å²) in [5.74, 6) is 2.09. The molecular weight excluding hydrogens is 314 g/mol. The largest absolute Gasteiger partial charge is 0.508 e. The fourth-order valence-corrected chi connectivity index (χ4v) is 3.32. The van der Waals surface area contributed by atoms with Crippen molar-refractivity contribution in [3.05, 3.63) is 53.1 Å². The highest BCUT2D eigenvalue weighted by molar-refractivity contribution is 5.86. The van der Waals surface area contributed by atoms with Gasteiger partial charge in [0.25, 0.3) is 0 Å². The standard InChI is InChI=1S/C21H23NO3/c1-2-3-8-22-12-17-9-16-10-18(15-4-6-19(23)7-5-15)13-24-20(16)11-21(17)25-14-22/h4-7,9-11,23H,2-3,8,12-14H2,1H3. The van der Waals surface area contributed by atoms with Crippen molar-refractivity contribution in [2.75, 3.05) is 19.9 Å². The average molecular weight is 337 g/mol. The van der Waals surface area contributed by atoms with Gasteiger partial charge in [0.2, 0.25) is 0 Å². The summed E-state index contributed by atoms with van der Waals surface area (Å²) >= 11 is 0. The lowest BCUT2D eigenvalue weighted by atomic mass is 9.98. The zero-order valence-corrected chi connectivity index (χ0v) is 14.5. The second-order valence-electron chi connectivity index (χ2n) is 6.68. The molecule has 25 heavy (non-hydrogen) atoms. The van der Waals surface area contributed by atoms with E-state index in [2.05, 4.69) is 24.0 Å². The SMILES string of the molecule is CCCCN1COc2cc3c(cc2C1)C=C(c1ccc(O)cc1)CO3. The number of nitrogens with zero attached hydrogens (tertiary/aromatic N) is 1. The maximum absolute atomic E-state index is 9.46. The van der Waals surface area contributed by atoms with E-state index in [0.29, 0.717) is 13.3 Å². The van der Waals surface area contributed by atoms with Gasteiger partial charge in [0, 0.05) is 30.3 Å². The second kappa shape index (κ2) is 6.81. The Morgan fingerprint density at radius 2 is 1.92 bits per heavy atom. The van der Waals surface area contributed by atoms with Crippen LogP contribution in [0.3, 0.4) is 0 Å². The van der Waals surface area contributed by atoms with Crippen molar-refractivity contribution in [2.45, 2.75) is 26.3 Å². The van der Waals surface area contributed by atoms with Crippen molar-refractivity contribution in [3.63, 3.8) is 0 Å². The molecule has 0 saturated carbocycles. The fourth-order valence-electron chi connectivity index (χ4n) is 3.32. The van der Waals surface area contributed by atoms with E-state index in [0.717, 1.165) is 41.3 Å². The van der Waals surface area contributed by atoms with E-state index in [1.54, 1.807) is 12.1 Å². The van der Waals surface area contributed by atoms with Crippen molar-refractivity contribution < 1.29 is 14.6 Å². The molecule has 0 atom stereocenters. The van der Waals surface area contributed by atoms with E-state index in [1.807, 2.05) is 18.2 Å². The molecule has 0 fully saturated rings. The Bertz CT molecular complexity index is 796. The molecule has 4 rings (SSSR count). The van der Waals surface area contributed by atoms with Crippen LogP contribution >= 0.6 is 0 Å². The highest BCUT2D eigenvalue weighted by atomic mass is 16.5. The summed E-state index contributed by atoms with van der Waals surface area (Å²) in [6.07, 6.45) is 4.56. The van der Waals surface area contributed by atoms with Gasteiger partial charge in [-0.05, 0) is 41.8 Å². The van der Waals surface area contributed by atoms with E-state index in [1.165, 1.54) is 18.4 Å². The summed E-state index contributed by atoms with van der Waals surface area (Å²) in [6, 6.07) is 11.5. The van der Waals surface area contributed by atoms with Crippen LogP contribution in [0.25, 0.3) is 11.6 Å². The van der Waals surface area contributed by atoms with Crippen molar-refractivity contribution in [3.8, 4) is 17.2 Å². The molecule has 0 bridgehead atoms. The molecule has 2 heterocycles. The molecule has 0 aliphatic carbocycles. The number of phenolic OH excluding ortho intramolecular Hbond substituents is 1. The van der Waals surface area contributed by atoms with Gasteiger partial charge in [-0.1, -0.05) is 25.5 Å². The Morgan fingerprint density at radius 3 is 2.72 bits per heavy atom. The van der Waals surface area contributed by atoms with E-state index in [-0.39, 0.29) is 5.75 Å². The van der Waals surface area contributed by atoms with Crippen molar-refractivity contribution in [2.24, 2.45) is 0 Å². The number of phenols is 1. The van der Waals surface area contributed by atoms with Crippen LogP contribution < -0.4 is 9.47 Å². The monoisotopic (exact) mass is 337 g/mol. The lowest BCUT2D eigenvalue weighted by Gasteiger charge is -2.30.